The number of amides is 1. The Morgan fingerprint density at radius 1 is 1.21 bits per heavy atom. The highest BCUT2D eigenvalue weighted by atomic mass is 32.1. The Bertz CT molecular complexity index is 891. The second kappa shape index (κ2) is 7.10. The molecule has 0 saturated heterocycles. The first kappa shape index (κ1) is 15.9. The number of methoxy groups -OCH3 is 1. The van der Waals surface area contributed by atoms with Crippen LogP contribution >= 0.6 is 11.3 Å². The SMILES string of the molecule is COc1cccc2sc(NC(=O)COc3ccccc3C=O)nc12. The fourth-order valence-electron chi connectivity index (χ4n) is 2.15. The number of benzene rings is 2. The molecular weight excluding hydrogens is 328 g/mol. The van der Waals surface area contributed by atoms with E-state index in [1.807, 2.05) is 18.2 Å². The van der Waals surface area contributed by atoms with Crippen LogP contribution in [0.3, 0.4) is 0 Å². The van der Waals surface area contributed by atoms with Crippen molar-refractivity contribution in [2.45, 2.75) is 0 Å². The van der Waals surface area contributed by atoms with Crippen molar-refractivity contribution >= 4 is 38.9 Å². The van der Waals surface area contributed by atoms with Gasteiger partial charge in [-0.3, -0.25) is 14.9 Å². The maximum atomic E-state index is 12.0. The predicted molar refractivity (Wildman–Crippen MR) is 92.1 cm³/mol. The van der Waals surface area contributed by atoms with Gasteiger partial charge in [0.05, 0.1) is 17.4 Å². The van der Waals surface area contributed by atoms with Crippen molar-refractivity contribution in [2.75, 3.05) is 19.0 Å². The summed E-state index contributed by atoms with van der Waals surface area (Å²) in [5.41, 5.74) is 1.10. The van der Waals surface area contributed by atoms with Crippen LogP contribution in [0.25, 0.3) is 10.2 Å². The van der Waals surface area contributed by atoms with Crippen LogP contribution in [0.2, 0.25) is 0 Å². The van der Waals surface area contributed by atoms with Gasteiger partial charge in [0.15, 0.2) is 18.0 Å². The van der Waals surface area contributed by atoms with E-state index in [1.165, 1.54) is 11.3 Å². The van der Waals surface area contributed by atoms with Crippen molar-refractivity contribution in [3.63, 3.8) is 0 Å². The Morgan fingerprint density at radius 2 is 2.00 bits per heavy atom. The fraction of sp³-hybridized carbons (Fsp3) is 0.118. The predicted octanol–water partition coefficient (Wildman–Crippen LogP) is 3.13. The summed E-state index contributed by atoms with van der Waals surface area (Å²) in [7, 11) is 1.57. The summed E-state index contributed by atoms with van der Waals surface area (Å²) in [4.78, 5) is 27.3. The van der Waals surface area contributed by atoms with E-state index >= 15 is 0 Å². The third kappa shape index (κ3) is 3.36. The molecule has 1 heterocycles. The minimum atomic E-state index is -0.353. The van der Waals surface area contributed by atoms with E-state index in [2.05, 4.69) is 10.3 Å². The number of hydrogen-bond acceptors (Lipinski definition) is 6. The molecule has 0 saturated carbocycles. The van der Waals surface area contributed by atoms with Crippen LogP contribution in [-0.2, 0) is 4.79 Å². The lowest BCUT2D eigenvalue weighted by Crippen LogP contribution is -2.20. The van der Waals surface area contributed by atoms with E-state index in [4.69, 9.17) is 9.47 Å². The Labute approximate surface area is 142 Å². The highest BCUT2D eigenvalue weighted by Gasteiger charge is 2.12. The highest BCUT2D eigenvalue weighted by molar-refractivity contribution is 7.22. The van der Waals surface area contributed by atoms with Crippen molar-refractivity contribution < 1.29 is 19.1 Å². The third-order valence-electron chi connectivity index (χ3n) is 3.25. The van der Waals surface area contributed by atoms with Gasteiger partial charge < -0.3 is 9.47 Å². The van der Waals surface area contributed by atoms with Gasteiger partial charge >= 0.3 is 0 Å². The smallest absolute Gasteiger partial charge is 0.264 e. The zero-order valence-corrected chi connectivity index (χ0v) is 13.6. The summed E-state index contributed by atoms with van der Waals surface area (Å²) in [6.45, 7) is -0.210. The van der Waals surface area contributed by atoms with Gasteiger partial charge in [-0.2, -0.15) is 0 Å². The minimum Gasteiger partial charge on any atom is -0.494 e. The number of anilines is 1. The van der Waals surface area contributed by atoms with Crippen LogP contribution in [0.4, 0.5) is 5.13 Å². The number of carbonyl (C=O) groups excluding carboxylic acids is 2. The van der Waals surface area contributed by atoms with Gasteiger partial charge in [0.25, 0.3) is 5.91 Å². The lowest BCUT2D eigenvalue weighted by atomic mass is 10.2. The summed E-state index contributed by atoms with van der Waals surface area (Å²) in [6.07, 6.45) is 0.688. The molecule has 0 atom stereocenters. The van der Waals surface area contributed by atoms with Crippen LogP contribution < -0.4 is 14.8 Å². The number of ether oxygens (including phenoxy) is 2. The Hall–Kier alpha value is -2.93. The fourth-order valence-corrected chi connectivity index (χ4v) is 3.05. The van der Waals surface area contributed by atoms with Gasteiger partial charge in [0.2, 0.25) is 0 Å². The summed E-state index contributed by atoms with van der Waals surface area (Å²) in [6, 6.07) is 12.3. The Balaban J connectivity index is 1.68. The maximum absolute atomic E-state index is 12.0. The molecule has 7 heteroatoms. The number of carbonyl (C=O) groups is 2. The van der Waals surface area contributed by atoms with Crippen LogP contribution in [0, 0.1) is 0 Å². The van der Waals surface area contributed by atoms with Crippen LogP contribution in [0.15, 0.2) is 42.5 Å². The maximum Gasteiger partial charge on any atom is 0.264 e. The molecule has 0 radical (unpaired) electrons. The topological polar surface area (TPSA) is 77.5 Å². The number of aldehydes is 1. The molecule has 1 amide bonds. The van der Waals surface area contributed by atoms with Crippen molar-refractivity contribution in [3.8, 4) is 11.5 Å². The number of nitrogens with one attached hydrogen (secondary N) is 1. The lowest BCUT2D eigenvalue weighted by Gasteiger charge is -2.07. The number of fused-ring (bicyclic) bond motifs is 1. The molecule has 6 nitrogen and oxygen atoms in total. The molecule has 2 aromatic carbocycles. The molecule has 0 aliphatic rings. The molecule has 0 aliphatic carbocycles. The second-order valence-corrected chi connectivity index (χ2v) is 5.85. The number of aromatic nitrogens is 1. The van der Waals surface area contributed by atoms with Crippen molar-refractivity contribution in [2.24, 2.45) is 0 Å². The molecule has 0 unspecified atom stereocenters. The first-order valence-corrected chi connectivity index (χ1v) is 7.93. The highest BCUT2D eigenvalue weighted by Crippen LogP contribution is 2.32. The van der Waals surface area contributed by atoms with E-state index in [9.17, 15) is 9.59 Å². The molecule has 1 aromatic heterocycles. The standard InChI is InChI=1S/C17H14N2O4S/c1-22-13-7-4-8-14-16(13)19-17(24-14)18-15(21)10-23-12-6-3-2-5-11(12)9-20/h2-9H,10H2,1H3,(H,18,19,21). The zero-order chi connectivity index (χ0) is 16.9. The number of hydrogen-bond donors (Lipinski definition) is 1. The molecule has 0 fully saturated rings. The first-order valence-electron chi connectivity index (χ1n) is 7.11. The summed E-state index contributed by atoms with van der Waals surface area (Å²) < 4.78 is 11.6. The number of para-hydroxylation sites is 2. The minimum absolute atomic E-state index is 0.210. The number of thiazole rings is 1. The first-order chi connectivity index (χ1) is 11.7. The van der Waals surface area contributed by atoms with Crippen LogP contribution in [0.5, 0.6) is 11.5 Å². The van der Waals surface area contributed by atoms with Gasteiger partial charge in [-0.1, -0.05) is 29.5 Å². The van der Waals surface area contributed by atoms with Crippen LogP contribution in [-0.4, -0.2) is 30.9 Å². The van der Waals surface area contributed by atoms with Gasteiger partial charge in [0.1, 0.15) is 17.0 Å². The van der Waals surface area contributed by atoms with Crippen molar-refractivity contribution in [3.05, 3.63) is 48.0 Å². The molecule has 0 bridgehead atoms. The lowest BCUT2D eigenvalue weighted by molar-refractivity contribution is -0.118. The van der Waals surface area contributed by atoms with Crippen molar-refractivity contribution in [1.82, 2.24) is 4.98 Å². The Morgan fingerprint density at radius 3 is 2.79 bits per heavy atom. The van der Waals surface area contributed by atoms with Crippen LogP contribution in [0.1, 0.15) is 10.4 Å². The van der Waals surface area contributed by atoms with E-state index < -0.39 is 0 Å². The van der Waals surface area contributed by atoms with Crippen molar-refractivity contribution in [1.29, 1.82) is 0 Å². The largest absolute Gasteiger partial charge is 0.494 e. The summed E-state index contributed by atoms with van der Waals surface area (Å²) in [5, 5.41) is 3.15. The normalized spacial score (nSPS) is 10.4. The average molecular weight is 342 g/mol. The van der Waals surface area contributed by atoms with E-state index in [0.29, 0.717) is 34.0 Å². The van der Waals surface area contributed by atoms with Gasteiger partial charge in [-0.15, -0.1) is 0 Å². The number of rotatable bonds is 6. The quantitative estimate of drug-likeness (QED) is 0.696. The molecule has 3 rings (SSSR count). The molecule has 24 heavy (non-hydrogen) atoms. The average Bonchev–Trinajstić information content (AvgIpc) is 3.02. The monoisotopic (exact) mass is 342 g/mol. The summed E-state index contributed by atoms with van der Waals surface area (Å²) in [5.74, 6) is 0.669. The Kier molecular flexibility index (Phi) is 4.72. The molecule has 1 N–H and O–H groups in total. The molecule has 0 spiro atoms. The molecule has 122 valence electrons. The number of nitrogens with zero attached hydrogens (tertiary/aromatic N) is 1. The van der Waals surface area contributed by atoms with Gasteiger partial charge in [0, 0.05) is 0 Å². The summed E-state index contributed by atoms with van der Waals surface area (Å²) >= 11 is 1.35. The molecular formula is C17H14N2O4S. The van der Waals surface area contributed by atoms with Gasteiger partial charge in [-0.25, -0.2) is 4.98 Å². The third-order valence-corrected chi connectivity index (χ3v) is 4.19. The molecule has 0 aliphatic heterocycles. The molecule has 3 aromatic rings. The van der Waals surface area contributed by atoms with E-state index in [1.54, 1.807) is 31.4 Å². The van der Waals surface area contributed by atoms with E-state index in [-0.39, 0.29) is 12.5 Å². The van der Waals surface area contributed by atoms with Gasteiger partial charge in [-0.05, 0) is 24.3 Å². The zero-order valence-electron chi connectivity index (χ0n) is 12.8. The second-order valence-electron chi connectivity index (χ2n) is 4.82. The van der Waals surface area contributed by atoms with E-state index in [0.717, 1.165) is 4.70 Å².